The van der Waals surface area contributed by atoms with Crippen molar-refractivity contribution in [1.29, 1.82) is 0 Å². The van der Waals surface area contributed by atoms with Gasteiger partial charge in [-0.1, -0.05) is 11.6 Å². The molecule has 1 N–H and O–H groups in total. The van der Waals surface area contributed by atoms with Crippen molar-refractivity contribution >= 4 is 28.9 Å². The van der Waals surface area contributed by atoms with E-state index in [1.807, 2.05) is 35.2 Å². The molecule has 0 bridgehead atoms. The van der Waals surface area contributed by atoms with Crippen molar-refractivity contribution in [3.8, 4) is 0 Å². The predicted octanol–water partition coefficient (Wildman–Crippen LogP) is 3.71. The summed E-state index contributed by atoms with van der Waals surface area (Å²) in [5.41, 5.74) is 2.25. The molecule has 1 aromatic carbocycles. The fraction of sp³-hybridized carbons (Fsp3) is 0.250. The molecule has 0 radical (unpaired) electrons. The Labute approximate surface area is 128 Å². The largest absolute Gasteiger partial charge is 0.355 e. The molecule has 108 valence electrons. The molecule has 2 heterocycles. The minimum Gasteiger partial charge on any atom is -0.355 e. The highest BCUT2D eigenvalue weighted by Gasteiger charge is 2.20. The van der Waals surface area contributed by atoms with Crippen LogP contribution in [0, 0.1) is 0 Å². The van der Waals surface area contributed by atoms with Gasteiger partial charge in [-0.3, -0.25) is 9.78 Å². The molecule has 2 aromatic rings. The first kappa shape index (κ1) is 13.9. The molecule has 1 aliphatic rings. The van der Waals surface area contributed by atoms with Crippen molar-refractivity contribution in [3.05, 3.63) is 53.3 Å². The number of nitrogens with one attached hydrogen (secondary N) is 1. The van der Waals surface area contributed by atoms with Crippen LogP contribution in [0.2, 0.25) is 5.02 Å². The van der Waals surface area contributed by atoms with Crippen molar-refractivity contribution in [2.24, 2.45) is 0 Å². The minimum atomic E-state index is 0.00672. The van der Waals surface area contributed by atoms with Crippen LogP contribution in [-0.4, -0.2) is 28.9 Å². The summed E-state index contributed by atoms with van der Waals surface area (Å²) in [7, 11) is 0. The predicted molar refractivity (Wildman–Crippen MR) is 84.1 cm³/mol. The van der Waals surface area contributed by atoms with Gasteiger partial charge in [0.2, 0.25) is 0 Å². The Hall–Kier alpha value is -2.07. The maximum Gasteiger partial charge on any atom is 0.272 e. The summed E-state index contributed by atoms with van der Waals surface area (Å²) in [6.45, 7) is 1.66. The van der Waals surface area contributed by atoms with Crippen LogP contribution in [0.4, 0.5) is 11.4 Å². The number of halogens is 1. The zero-order chi connectivity index (χ0) is 14.7. The standard InChI is InChI=1S/C16H16ClN3O/c17-12-3-5-13(6-4-12)19-14-7-8-18-15(11-14)16(21)20-9-1-2-10-20/h3-8,11H,1-2,9-10H2,(H,18,19). The van der Waals surface area contributed by atoms with Gasteiger partial charge in [-0.2, -0.15) is 0 Å². The highest BCUT2D eigenvalue weighted by atomic mass is 35.5. The average molecular weight is 302 g/mol. The minimum absolute atomic E-state index is 0.00672. The third-order valence-electron chi connectivity index (χ3n) is 3.51. The number of likely N-dealkylation sites (tertiary alicyclic amines) is 1. The number of benzene rings is 1. The van der Waals surface area contributed by atoms with E-state index in [1.165, 1.54) is 0 Å². The first-order valence-electron chi connectivity index (χ1n) is 7.00. The van der Waals surface area contributed by atoms with Gasteiger partial charge in [0.25, 0.3) is 5.91 Å². The Morgan fingerprint density at radius 1 is 1.10 bits per heavy atom. The molecular weight excluding hydrogens is 286 g/mol. The van der Waals surface area contributed by atoms with Gasteiger partial charge in [0.05, 0.1) is 0 Å². The molecule has 4 nitrogen and oxygen atoms in total. The maximum absolute atomic E-state index is 12.3. The molecule has 1 fully saturated rings. The highest BCUT2D eigenvalue weighted by molar-refractivity contribution is 6.30. The van der Waals surface area contributed by atoms with Gasteiger partial charge in [0.1, 0.15) is 5.69 Å². The quantitative estimate of drug-likeness (QED) is 0.940. The number of pyridine rings is 1. The van der Waals surface area contributed by atoms with E-state index < -0.39 is 0 Å². The second-order valence-corrected chi connectivity index (χ2v) is 5.50. The maximum atomic E-state index is 12.3. The summed E-state index contributed by atoms with van der Waals surface area (Å²) in [6.07, 6.45) is 3.81. The number of nitrogens with zero attached hydrogens (tertiary/aromatic N) is 2. The topological polar surface area (TPSA) is 45.2 Å². The van der Waals surface area contributed by atoms with Gasteiger partial charge in [-0.15, -0.1) is 0 Å². The van der Waals surface area contributed by atoms with Crippen molar-refractivity contribution in [2.75, 3.05) is 18.4 Å². The van der Waals surface area contributed by atoms with E-state index >= 15 is 0 Å². The lowest BCUT2D eigenvalue weighted by Crippen LogP contribution is -2.28. The molecule has 1 amide bonds. The molecule has 1 aliphatic heterocycles. The molecule has 0 aliphatic carbocycles. The zero-order valence-electron chi connectivity index (χ0n) is 11.6. The van der Waals surface area contributed by atoms with E-state index in [1.54, 1.807) is 12.3 Å². The Kier molecular flexibility index (Phi) is 4.06. The monoisotopic (exact) mass is 301 g/mol. The summed E-state index contributed by atoms with van der Waals surface area (Å²) >= 11 is 5.87. The number of hydrogen-bond donors (Lipinski definition) is 1. The van der Waals surface area contributed by atoms with Crippen LogP contribution >= 0.6 is 11.6 Å². The third-order valence-corrected chi connectivity index (χ3v) is 3.76. The van der Waals surface area contributed by atoms with Gasteiger partial charge in [0.15, 0.2) is 0 Å². The van der Waals surface area contributed by atoms with Crippen LogP contribution < -0.4 is 5.32 Å². The van der Waals surface area contributed by atoms with Crippen molar-refractivity contribution < 1.29 is 4.79 Å². The number of amides is 1. The Morgan fingerprint density at radius 2 is 1.81 bits per heavy atom. The van der Waals surface area contributed by atoms with E-state index in [4.69, 9.17) is 11.6 Å². The second-order valence-electron chi connectivity index (χ2n) is 5.06. The second kappa shape index (κ2) is 6.14. The van der Waals surface area contributed by atoms with Gasteiger partial charge in [-0.05, 0) is 49.2 Å². The summed E-state index contributed by atoms with van der Waals surface area (Å²) in [5, 5.41) is 3.94. The van der Waals surface area contributed by atoms with Crippen LogP contribution in [0.15, 0.2) is 42.6 Å². The first-order chi connectivity index (χ1) is 10.2. The van der Waals surface area contributed by atoms with Crippen molar-refractivity contribution in [2.45, 2.75) is 12.8 Å². The SMILES string of the molecule is O=C(c1cc(Nc2ccc(Cl)cc2)ccn1)N1CCCC1. The molecular formula is C16H16ClN3O. The van der Waals surface area contributed by atoms with Crippen molar-refractivity contribution in [3.63, 3.8) is 0 Å². The van der Waals surface area contributed by atoms with Gasteiger partial charge in [-0.25, -0.2) is 0 Å². The number of rotatable bonds is 3. The molecule has 3 rings (SSSR count). The Morgan fingerprint density at radius 3 is 2.52 bits per heavy atom. The summed E-state index contributed by atoms with van der Waals surface area (Å²) in [6, 6.07) is 11.1. The molecule has 1 saturated heterocycles. The first-order valence-corrected chi connectivity index (χ1v) is 7.38. The van der Waals surface area contributed by atoms with Crippen LogP contribution in [0.25, 0.3) is 0 Å². The number of anilines is 2. The van der Waals surface area contributed by atoms with E-state index in [9.17, 15) is 4.79 Å². The smallest absolute Gasteiger partial charge is 0.272 e. The molecule has 21 heavy (non-hydrogen) atoms. The molecule has 0 spiro atoms. The van der Waals surface area contributed by atoms with Crippen molar-refractivity contribution in [1.82, 2.24) is 9.88 Å². The zero-order valence-corrected chi connectivity index (χ0v) is 12.3. The Bertz CT molecular complexity index is 636. The summed E-state index contributed by atoms with van der Waals surface area (Å²) < 4.78 is 0. The Balaban J connectivity index is 1.76. The van der Waals surface area contributed by atoms with Gasteiger partial charge >= 0.3 is 0 Å². The van der Waals surface area contributed by atoms with E-state index in [0.29, 0.717) is 10.7 Å². The number of carbonyl (C=O) groups is 1. The summed E-state index contributed by atoms with van der Waals surface area (Å²) in [4.78, 5) is 18.4. The molecule has 0 unspecified atom stereocenters. The lowest BCUT2D eigenvalue weighted by molar-refractivity contribution is 0.0787. The molecule has 5 heteroatoms. The lowest BCUT2D eigenvalue weighted by Gasteiger charge is -2.15. The molecule has 1 aromatic heterocycles. The van der Waals surface area contributed by atoms with E-state index in [-0.39, 0.29) is 5.91 Å². The number of aromatic nitrogens is 1. The fourth-order valence-electron chi connectivity index (χ4n) is 2.41. The van der Waals surface area contributed by atoms with Gasteiger partial charge < -0.3 is 10.2 Å². The van der Waals surface area contributed by atoms with E-state index in [2.05, 4.69) is 10.3 Å². The number of hydrogen-bond acceptors (Lipinski definition) is 3. The van der Waals surface area contributed by atoms with E-state index in [0.717, 1.165) is 37.3 Å². The van der Waals surface area contributed by atoms with Crippen LogP contribution in [0.3, 0.4) is 0 Å². The normalized spacial score (nSPS) is 14.2. The van der Waals surface area contributed by atoms with Crippen LogP contribution in [-0.2, 0) is 0 Å². The van der Waals surface area contributed by atoms with Crippen LogP contribution in [0.5, 0.6) is 0 Å². The van der Waals surface area contributed by atoms with Crippen LogP contribution in [0.1, 0.15) is 23.3 Å². The molecule has 0 atom stereocenters. The third kappa shape index (κ3) is 3.34. The molecule has 0 saturated carbocycles. The van der Waals surface area contributed by atoms with Gasteiger partial charge in [0, 0.05) is 35.7 Å². The highest BCUT2D eigenvalue weighted by Crippen LogP contribution is 2.20. The number of carbonyl (C=O) groups excluding carboxylic acids is 1. The lowest BCUT2D eigenvalue weighted by atomic mass is 10.2. The fourth-order valence-corrected chi connectivity index (χ4v) is 2.53. The average Bonchev–Trinajstić information content (AvgIpc) is 3.03. The summed E-state index contributed by atoms with van der Waals surface area (Å²) in [5.74, 6) is 0.00672.